The highest BCUT2D eigenvalue weighted by Crippen LogP contribution is 2.27. The number of rotatable bonds is 4. The van der Waals surface area contributed by atoms with Crippen LogP contribution < -0.4 is 5.32 Å². The second kappa shape index (κ2) is 6.62. The van der Waals surface area contributed by atoms with Crippen LogP contribution in [0, 0.1) is 0 Å². The molecule has 0 saturated heterocycles. The van der Waals surface area contributed by atoms with Gasteiger partial charge in [0, 0.05) is 27.3 Å². The summed E-state index contributed by atoms with van der Waals surface area (Å²) in [6.45, 7) is 0.373. The van der Waals surface area contributed by atoms with Crippen LogP contribution in [-0.2, 0) is 0 Å². The lowest BCUT2D eigenvalue weighted by Crippen LogP contribution is -2.12. The molecule has 0 radical (unpaired) electrons. The molecular weight excluding hydrogens is 349 g/mol. The Bertz CT molecular complexity index is 577. The van der Waals surface area contributed by atoms with Gasteiger partial charge in [-0.25, -0.2) is 0 Å². The van der Waals surface area contributed by atoms with Gasteiger partial charge in [-0.1, -0.05) is 41.4 Å². The van der Waals surface area contributed by atoms with Crippen LogP contribution in [0.3, 0.4) is 0 Å². The van der Waals surface area contributed by atoms with Crippen molar-refractivity contribution in [3.05, 3.63) is 62.5 Å². The molecule has 2 N–H and O–H groups in total. The maximum atomic E-state index is 10.1. The molecule has 0 fully saturated rings. The molecule has 0 aliphatic rings. The van der Waals surface area contributed by atoms with Gasteiger partial charge in [0.25, 0.3) is 0 Å². The number of hydrogen-bond donors (Lipinski definition) is 2. The van der Waals surface area contributed by atoms with Crippen molar-refractivity contribution in [2.75, 3.05) is 11.9 Å². The van der Waals surface area contributed by atoms with E-state index in [1.807, 2.05) is 30.3 Å². The molecular formula is C14H12BrCl2NO. The monoisotopic (exact) mass is 359 g/mol. The molecule has 2 rings (SSSR count). The van der Waals surface area contributed by atoms with Crippen LogP contribution in [-0.4, -0.2) is 11.7 Å². The third kappa shape index (κ3) is 3.86. The van der Waals surface area contributed by atoms with E-state index in [4.69, 9.17) is 23.2 Å². The normalized spacial score (nSPS) is 12.2. The summed E-state index contributed by atoms with van der Waals surface area (Å²) < 4.78 is 0.811. The Kier molecular flexibility index (Phi) is 5.11. The topological polar surface area (TPSA) is 32.3 Å². The van der Waals surface area contributed by atoms with Gasteiger partial charge in [0.1, 0.15) is 0 Å². The summed E-state index contributed by atoms with van der Waals surface area (Å²) in [7, 11) is 0. The van der Waals surface area contributed by atoms with E-state index in [1.165, 1.54) is 0 Å². The summed E-state index contributed by atoms with van der Waals surface area (Å²) >= 11 is 15.3. The first-order valence-electron chi connectivity index (χ1n) is 5.69. The number of benzene rings is 2. The third-order valence-corrected chi connectivity index (χ3v) is 4.24. The van der Waals surface area contributed by atoms with Gasteiger partial charge in [-0.3, -0.25) is 0 Å². The number of aliphatic hydroxyl groups is 1. The first-order valence-corrected chi connectivity index (χ1v) is 7.24. The molecule has 2 nitrogen and oxygen atoms in total. The summed E-state index contributed by atoms with van der Waals surface area (Å²) in [5.41, 5.74) is 1.59. The highest BCUT2D eigenvalue weighted by molar-refractivity contribution is 9.10. The maximum absolute atomic E-state index is 10.1. The van der Waals surface area contributed by atoms with Crippen molar-refractivity contribution < 1.29 is 5.11 Å². The van der Waals surface area contributed by atoms with E-state index in [9.17, 15) is 5.11 Å². The summed E-state index contributed by atoms with van der Waals surface area (Å²) in [6, 6.07) is 12.8. The Balaban J connectivity index is 2.02. The van der Waals surface area contributed by atoms with Crippen molar-refractivity contribution in [2.24, 2.45) is 0 Å². The van der Waals surface area contributed by atoms with Crippen molar-refractivity contribution in [1.29, 1.82) is 0 Å². The Morgan fingerprint density at radius 3 is 2.53 bits per heavy atom. The molecule has 0 aliphatic heterocycles. The molecule has 2 aromatic carbocycles. The predicted molar refractivity (Wildman–Crippen MR) is 84.1 cm³/mol. The SMILES string of the molecule is OC(CNc1ccc(Cl)c(Br)c1)c1ccccc1Cl. The smallest absolute Gasteiger partial charge is 0.0976 e. The summed E-state index contributed by atoms with van der Waals surface area (Å²) in [5, 5.41) is 14.5. The third-order valence-electron chi connectivity index (χ3n) is 2.68. The molecule has 0 spiro atoms. The van der Waals surface area contributed by atoms with E-state index in [-0.39, 0.29) is 0 Å². The minimum absolute atomic E-state index is 0.373. The molecule has 0 aliphatic carbocycles. The lowest BCUT2D eigenvalue weighted by atomic mass is 10.1. The zero-order chi connectivity index (χ0) is 13.8. The van der Waals surface area contributed by atoms with Crippen molar-refractivity contribution in [1.82, 2.24) is 0 Å². The number of hydrogen-bond acceptors (Lipinski definition) is 2. The van der Waals surface area contributed by atoms with Crippen LogP contribution in [0.1, 0.15) is 11.7 Å². The predicted octanol–water partition coefficient (Wildman–Crippen LogP) is 4.90. The minimum atomic E-state index is -0.664. The molecule has 1 unspecified atom stereocenters. The molecule has 1 atom stereocenters. The lowest BCUT2D eigenvalue weighted by molar-refractivity contribution is 0.192. The van der Waals surface area contributed by atoms with Gasteiger partial charge in [-0.05, 0) is 40.2 Å². The fourth-order valence-corrected chi connectivity index (χ4v) is 2.43. The van der Waals surface area contributed by atoms with Gasteiger partial charge in [0.2, 0.25) is 0 Å². The average molecular weight is 361 g/mol. The van der Waals surface area contributed by atoms with E-state index in [2.05, 4.69) is 21.2 Å². The first-order chi connectivity index (χ1) is 9.08. The van der Waals surface area contributed by atoms with Gasteiger partial charge in [0.15, 0.2) is 0 Å². The van der Waals surface area contributed by atoms with Crippen LogP contribution in [0.2, 0.25) is 10.0 Å². The quantitative estimate of drug-likeness (QED) is 0.812. The molecule has 0 bridgehead atoms. The zero-order valence-corrected chi connectivity index (χ0v) is 13.0. The molecule has 2 aromatic rings. The Hall–Kier alpha value is -0.740. The summed E-state index contributed by atoms with van der Waals surface area (Å²) in [6.07, 6.45) is -0.664. The van der Waals surface area contributed by atoms with Crippen molar-refractivity contribution in [3.8, 4) is 0 Å². The number of halogens is 3. The van der Waals surface area contributed by atoms with E-state index < -0.39 is 6.10 Å². The fourth-order valence-electron chi connectivity index (χ4n) is 1.68. The molecule has 0 aromatic heterocycles. The second-order valence-electron chi connectivity index (χ2n) is 4.05. The largest absolute Gasteiger partial charge is 0.387 e. The standard InChI is InChI=1S/C14H12BrCl2NO/c15-11-7-9(5-6-13(11)17)18-8-14(19)10-3-1-2-4-12(10)16/h1-7,14,18-19H,8H2. The zero-order valence-electron chi connectivity index (χ0n) is 9.91. The highest BCUT2D eigenvalue weighted by atomic mass is 79.9. The molecule has 0 heterocycles. The minimum Gasteiger partial charge on any atom is -0.387 e. The Labute approximate surface area is 130 Å². The number of anilines is 1. The Morgan fingerprint density at radius 1 is 1.11 bits per heavy atom. The molecule has 100 valence electrons. The van der Waals surface area contributed by atoms with Gasteiger partial charge in [-0.2, -0.15) is 0 Å². The molecule has 19 heavy (non-hydrogen) atoms. The lowest BCUT2D eigenvalue weighted by Gasteiger charge is -2.14. The maximum Gasteiger partial charge on any atom is 0.0976 e. The number of nitrogens with one attached hydrogen (secondary N) is 1. The van der Waals surface area contributed by atoms with E-state index >= 15 is 0 Å². The summed E-state index contributed by atoms with van der Waals surface area (Å²) in [4.78, 5) is 0. The molecule has 0 saturated carbocycles. The van der Waals surface area contributed by atoms with Crippen LogP contribution in [0.25, 0.3) is 0 Å². The van der Waals surface area contributed by atoms with Crippen molar-refractivity contribution in [2.45, 2.75) is 6.10 Å². The van der Waals surface area contributed by atoms with E-state index in [1.54, 1.807) is 12.1 Å². The molecule has 5 heteroatoms. The van der Waals surface area contributed by atoms with Crippen LogP contribution >= 0.6 is 39.1 Å². The Morgan fingerprint density at radius 2 is 1.84 bits per heavy atom. The van der Waals surface area contributed by atoms with Crippen molar-refractivity contribution in [3.63, 3.8) is 0 Å². The van der Waals surface area contributed by atoms with Gasteiger partial charge in [-0.15, -0.1) is 0 Å². The highest BCUT2D eigenvalue weighted by Gasteiger charge is 2.10. The van der Waals surface area contributed by atoms with Gasteiger partial charge < -0.3 is 10.4 Å². The molecule has 0 amide bonds. The number of aliphatic hydroxyl groups excluding tert-OH is 1. The average Bonchev–Trinajstić information content (AvgIpc) is 2.40. The van der Waals surface area contributed by atoms with E-state index in [0.29, 0.717) is 22.2 Å². The van der Waals surface area contributed by atoms with Crippen LogP contribution in [0.15, 0.2) is 46.9 Å². The van der Waals surface area contributed by atoms with Crippen LogP contribution in [0.5, 0.6) is 0 Å². The van der Waals surface area contributed by atoms with E-state index in [0.717, 1.165) is 10.2 Å². The van der Waals surface area contributed by atoms with Gasteiger partial charge in [0.05, 0.1) is 11.1 Å². The fraction of sp³-hybridized carbons (Fsp3) is 0.143. The van der Waals surface area contributed by atoms with Gasteiger partial charge >= 0.3 is 0 Å². The summed E-state index contributed by atoms with van der Waals surface area (Å²) in [5.74, 6) is 0. The van der Waals surface area contributed by atoms with Crippen molar-refractivity contribution >= 4 is 44.8 Å². The first kappa shape index (κ1) is 14.7. The van der Waals surface area contributed by atoms with Crippen LogP contribution in [0.4, 0.5) is 5.69 Å². The second-order valence-corrected chi connectivity index (χ2v) is 5.72.